The van der Waals surface area contributed by atoms with Gasteiger partial charge in [0.25, 0.3) is 0 Å². The maximum atomic E-state index is 13.5. The van der Waals surface area contributed by atoms with Crippen LogP contribution in [0.2, 0.25) is 0 Å². The predicted octanol–water partition coefficient (Wildman–Crippen LogP) is 18.6. The van der Waals surface area contributed by atoms with E-state index in [1.54, 1.807) is 0 Å². The van der Waals surface area contributed by atoms with Gasteiger partial charge in [0.1, 0.15) is 19.3 Å². The van der Waals surface area contributed by atoms with Crippen LogP contribution in [0, 0.1) is 0 Å². The van der Waals surface area contributed by atoms with Gasteiger partial charge in [-0.15, -0.1) is 0 Å². The second-order valence-electron chi connectivity index (χ2n) is 21.5. The highest BCUT2D eigenvalue weighted by atomic mass is 31.2. The van der Waals surface area contributed by atoms with Crippen LogP contribution in [-0.4, -0.2) is 74.3 Å². The molecule has 0 aliphatic heterocycles. The standard InChI is InChI=1S/C64H115N2O7P/c1-7-10-13-16-19-22-25-28-29-30-31-32-33-34-35-36-37-39-42-45-48-51-54-57-64(68)73-62(55-52-49-46-43-40-27-24-21-18-15-12-9-3)61(60-72-74(69,70)71-59-58-66(4,5)6)65-63(67)56-53-50-47-44-41-38-26-23-20-17-14-11-8-2/h19,22,28-29,31-32,34-35,38,41,47,50,52,55,61-62H,7-18,20-21,23-27,30,33,36-37,39-40,42-46,48-49,51,53-54,56-60H2,1-6H3,(H-,65,67,69,70)/p+1/b22-19-,29-28-,32-31-,35-34-,41-38-,50-47+,55-52-. The summed E-state index contributed by atoms with van der Waals surface area (Å²) in [5.41, 5.74) is 0. The van der Waals surface area contributed by atoms with Crippen molar-refractivity contribution in [3.05, 3.63) is 85.1 Å². The maximum absolute atomic E-state index is 13.5. The fourth-order valence-electron chi connectivity index (χ4n) is 8.33. The number of carbonyl (C=O) groups is 2. The Morgan fingerprint density at radius 1 is 0.473 bits per heavy atom. The molecule has 0 bridgehead atoms. The van der Waals surface area contributed by atoms with E-state index in [2.05, 4.69) is 92.9 Å². The summed E-state index contributed by atoms with van der Waals surface area (Å²) in [4.78, 5) is 37.6. The van der Waals surface area contributed by atoms with Crippen molar-refractivity contribution in [2.75, 3.05) is 40.9 Å². The quantitative estimate of drug-likeness (QED) is 0.0205. The number of phosphoric acid groups is 1. The Morgan fingerprint density at radius 3 is 1.28 bits per heavy atom. The first-order valence-corrected chi connectivity index (χ1v) is 31.9. The van der Waals surface area contributed by atoms with Crippen LogP contribution in [0.15, 0.2) is 85.1 Å². The zero-order valence-electron chi connectivity index (χ0n) is 48.8. The Morgan fingerprint density at radius 2 is 0.838 bits per heavy atom. The van der Waals surface area contributed by atoms with Crippen LogP contribution in [0.5, 0.6) is 0 Å². The number of phosphoric ester groups is 1. The first-order chi connectivity index (χ1) is 35.9. The van der Waals surface area contributed by atoms with Gasteiger partial charge in [-0.05, 0) is 96.0 Å². The smallest absolute Gasteiger partial charge is 0.456 e. The minimum absolute atomic E-state index is 0.0260. The molecular weight excluding hydrogens is 940 g/mol. The van der Waals surface area contributed by atoms with Gasteiger partial charge >= 0.3 is 13.8 Å². The number of hydrogen-bond donors (Lipinski definition) is 2. The molecule has 9 nitrogen and oxygen atoms in total. The largest absolute Gasteiger partial charge is 0.472 e. The number of likely N-dealkylation sites (N-methyl/N-ethyl adjacent to an activating group) is 1. The number of amides is 1. The van der Waals surface area contributed by atoms with E-state index >= 15 is 0 Å². The average Bonchev–Trinajstić information content (AvgIpc) is 3.36. The summed E-state index contributed by atoms with van der Waals surface area (Å²) in [6, 6.07) is -0.886. The van der Waals surface area contributed by atoms with Gasteiger partial charge in [-0.2, -0.15) is 0 Å². The molecule has 74 heavy (non-hydrogen) atoms. The fraction of sp³-hybridized carbons (Fsp3) is 0.750. The molecule has 0 saturated carbocycles. The third-order valence-electron chi connectivity index (χ3n) is 13.1. The number of hydrogen-bond acceptors (Lipinski definition) is 6. The van der Waals surface area contributed by atoms with Crippen LogP contribution in [0.3, 0.4) is 0 Å². The van der Waals surface area contributed by atoms with Crippen molar-refractivity contribution >= 4 is 19.7 Å². The monoisotopic (exact) mass is 1060 g/mol. The molecule has 0 radical (unpaired) electrons. The summed E-state index contributed by atoms with van der Waals surface area (Å²) in [5.74, 6) is -0.598. The van der Waals surface area contributed by atoms with Gasteiger partial charge in [0.2, 0.25) is 5.91 Å². The van der Waals surface area contributed by atoms with Gasteiger partial charge in [-0.3, -0.25) is 18.6 Å². The maximum Gasteiger partial charge on any atom is 0.472 e. The zero-order chi connectivity index (χ0) is 54.3. The molecule has 0 fully saturated rings. The number of nitrogens with zero attached hydrogens (tertiary/aromatic N) is 1. The molecule has 0 aliphatic rings. The number of allylic oxidation sites excluding steroid dienone is 13. The van der Waals surface area contributed by atoms with Crippen molar-refractivity contribution in [2.24, 2.45) is 0 Å². The minimum atomic E-state index is -4.46. The van der Waals surface area contributed by atoms with Crippen molar-refractivity contribution in [2.45, 2.75) is 270 Å². The summed E-state index contributed by atoms with van der Waals surface area (Å²) >= 11 is 0. The Bertz CT molecular complexity index is 1540. The molecule has 3 unspecified atom stereocenters. The molecule has 10 heteroatoms. The Balaban J connectivity index is 5.29. The van der Waals surface area contributed by atoms with E-state index in [0.717, 1.165) is 83.5 Å². The second kappa shape index (κ2) is 53.6. The molecule has 0 aromatic rings. The predicted molar refractivity (Wildman–Crippen MR) is 318 cm³/mol. The Hall–Kier alpha value is -2.81. The van der Waals surface area contributed by atoms with Gasteiger partial charge < -0.3 is 19.4 Å². The summed E-state index contributed by atoms with van der Waals surface area (Å²) in [6.45, 7) is 6.92. The molecule has 2 N–H and O–H groups in total. The highest BCUT2D eigenvalue weighted by molar-refractivity contribution is 7.47. The summed E-state index contributed by atoms with van der Waals surface area (Å²) in [6.07, 6.45) is 70.3. The van der Waals surface area contributed by atoms with Crippen LogP contribution in [0.1, 0.15) is 258 Å². The van der Waals surface area contributed by atoms with Crippen molar-refractivity contribution < 1.29 is 37.3 Å². The Labute approximate surface area is 456 Å². The van der Waals surface area contributed by atoms with Crippen LogP contribution >= 0.6 is 7.82 Å². The second-order valence-corrected chi connectivity index (χ2v) is 23.0. The molecule has 428 valence electrons. The van der Waals surface area contributed by atoms with Crippen molar-refractivity contribution in [3.8, 4) is 0 Å². The van der Waals surface area contributed by atoms with Crippen LogP contribution in [0.4, 0.5) is 0 Å². The van der Waals surface area contributed by atoms with Crippen molar-refractivity contribution in [3.63, 3.8) is 0 Å². The topological polar surface area (TPSA) is 111 Å². The van der Waals surface area contributed by atoms with Gasteiger partial charge in [0.15, 0.2) is 0 Å². The van der Waals surface area contributed by atoms with E-state index in [4.69, 9.17) is 13.8 Å². The lowest BCUT2D eigenvalue weighted by Gasteiger charge is -2.27. The molecule has 3 atom stereocenters. The minimum Gasteiger partial charge on any atom is -0.456 e. The molecule has 0 rings (SSSR count). The number of rotatable bonds is 54. The van der Waals surface area contributed by atoms with E-state index in [-0.39, 0.29) is 37.9 Å². The third-order valence-corrected chi connectivity index (χ3v) is 14.1. The highest BCUT2D eigenvalue weighted by Gasteiger charge is 2.30. The van der Waals surface area contributed by atoms with E-state index in [1.807, 2.05) is 39.4 Å². The first kappa shape index (κ1) is 71.2. The average molecular weight is 1060 g/mol. The molecular formula is C64H116N2O7P+. The lowest BCUT2D eigenvalue weighted by atomic mass is 10.1. The van der Waals surface area contributed by atoms with Gasteiger partial charge in [-0.25, -0.2) is 4.57 Å². The van der Waals surface area contributed by atoms with Crippen LogP contribution in [0.25, 0.3) is 0 Å². The molecule has 0 spiro atoms. The molecule has 0 heterocycles. The SMILES string of the molecule is CCCCC/C=C\C/C=C\C/C=C\C/C=C\CCCCCCCCCC(=O)OC(/C=C\CCCCCCCCCCCC)C(COP(=O)(O)OCC[N+](C)(C)C)NC(=O)CC/C=C/C/C=C\CCCCCCCC. The molecule has 0 aromatic heterocycles. The lowest BCUT2D eigenvalue weighted by molar-refractivity contribution is -0.870. The summed E-state index contributed by atoms with van der Waals surface area (Å²) in [7, 11) is 1.45. The van der Waals surface area contributed by atoms with Crippen molar-refractivity contribution in [1.29, 1.82) is 0 Å². The number of nitrogens with one attached hydrogen (secondary N) is 1. The molecule has 0 aliphatic carbocycles. The van der Waals surface area contributed by atoms with Gasteiger partial charge in [0.05, 0.1) is 33.8 Å². The van der Waals surface area contributed by atoms with Gasteiger partial charge in [-0.1, -0.05) is 235 Å². The van der Waals surface area contributed by atoms with E-state index in [0.29, 0.717) is 17.4 Å². The van der Waals surface area contributed by atoms with E-state index < -0.39 is 20.0 Å². The zero-order valence-corrected chi connectivity index (χ0v) is 49.7. The molecule has 0 saturated heterocycles. The first-order valence-electron chi connectivity index (χ1n) is 30.4. The van der Waals surface area contributed by atoms with E-state index in [9.17, 15) is 19.0 Å². The van der Waals surface area contributed by atoms with Crippen LogP contribution < -0.4 is 5.32 Å². The summed E-state index contributed by atoms with van der Waals surface area (Å²) < 4.78 is 30.6. The Kier molecular flexibility index (Phi) is 51.5. The number of quaternary nitrogens is 1. The van der Waals surface area contributed by atoms with Gasteiger partial charge in [0, 0.05) is 12.8 Å². The number of unbranched alkanes of at least 4 members (excludes halogenated alkanes) is 26. The van der Waals surface area contributed by atoms with E-state index in [1.165, 1.54) is 135 Å². The highest BCUT2D eigenvalue weighted by Crippen LogP contribution is 2.43. The lowest BCUT2D eigenvalue weighted by Crippen LogP contribution is -2.47. The normalized spacial score (nSPS) is 14.3. The molecule has 1 amide bonds. The number of esters is 1. The van der Waals surface area contributed by atoms with Crippen molar-refractivity contribution in [1.82, 2.24) is 5.32 Å². The number of ether oxygens (including phenoxy) is 1. The fourth-order valence-corrected chi connectivity index (χ4v) is 9.06. The van der Waals surface area contributed by atoms with Crippen LogP contribution in [-0.2, 0) is 27.9 Å². The third kappa shape index (κ3) is 54.0. The summed E-state index contributed by atoms with van der Waals surface area (Å²) in [5, 5.41) is 3.00. The molecule has 0 aromatic carbocycles. The number of carbonyl (C=O) groups excluding carboxylic acids is 2.